The summed E-state index contributed by atoms with van der Waals surface area (Å²) in [5.41, 5.74) is 0. The molecule has 0 fully saturated rings. The van der Waals surface area contributed by atoms with Crippen molar-refractivity contribution in [2.75, 3.05) is 13.2 Å². The van der Waals surface area contributed by atoms with Gasteiger partial charge in [-0.05, 0) is 83.5 Å². The molecule has 344 valence electrons. The van der Waals surface area contributed by atoms with E-state index in [0.29, 0.717) is 19.3 Å². The van der Waals surface area contributed by atoms with Crippen molar-refractivity contribution in [3.63, 3.8) is 0 Å². The molecule has 0 aromatic carbocycles. The molecule has 0 rings (SSSR count). The molecular formula is C54H92O6. The Bertz CT molecular complexity index is 1140. The van der Waals surface area contributed by atoms with E-state index >= 15 is 0 Å². The average Bonchev–Trinajstić information content (AvgIpc) is 3.24. The summed E-state index contributed by atoms with van der Waals surface area (Å²) in [5.74, 6) is -0.966. The molecule has 0 saturated carbocycles. The summed E-state index contributed by atoms with van der Waals surface area (Å²) in [7, 11) is 0. The minimum atomic E-state index is -0.799. The molecule has 0 aliphatic heterocycles. The van der Waals surface area contributed by atoms with Crippen LogP contribution in [0, 0.1) is 0 Å². The van der Waals surface area contributed by atoms with Crippen molar-refractivity contribution < 1.29 is 28.6 Å². The second kappa shape index (κ2) is 48.5. The highest BCUT2D eigenvalue weighted by Gasteiger charge is 2.19. The summed E-state index contributed by atoms with van der Waals surface area (Å²) in [6.45, 7) is 6.44. The van der Waals surface area contributed by atoms with Crippen LogP contribution in [0.25, 0.3) is 0 Å². The van der Waals surface area contributed by atoms with Crippen molar-refractivity contribution in [3.05, 3.63) is 72.9 Å². The van der Waals surface area contributed by atoms with Crippen molar-refractivity contribution >= 4 is 17.9 Å². The van der Waals surface area contributed by atoms with E-state index in [1.807, 2.05) is 0 Å². The van der Waals surface area contributed by atoms with Crippen molar-refractivity contribution in [2.24, 2.45) is 0 Å². The predicted molar refractivity (Wildman–Crippen MR) is 256 cm³/mol. The second-order valence-corrected chi connectivity index (χ2v) is 16.3. The molecule has 0 spiro atoms. The highest BCUT2D eigenvalue weighted by molar-refractivity contribution is 5.71. The molecule has 60 heavy (non-hydrogen) atoms. The maximum atomic E-state index is 12.8. The van der Waals surface area contributed by atoms with Crippen LogP contribution in [-0.4, -0.2) is 37.2 Å². The Labute approximate surface area is 370 Å². The summed E-state index contributed by atoms with van der Waals surface area (Å²) in [4.78, 5) is 37.8. The van der Waals surface area contributed by atoms with Crippen LogP contribution in [0.5, 0.6) is 0 Å². The third kappa shape index (κ3) is 45.9. The first-order chi connectivity index (χ1) is 29.5. The predicted octanol–water partition coefficient (Wildman–Crippen LogP) is 16.3. The van der Waals surface area contributed by atoms with E-state index in [1.54, 1.807) is 0 Å². The van der Waals surface area contributed by atoms with E-state index in [4.69, 9.17) is 14.2 Å². The Morgan fingerprint density at radius 3 is 1.10 bits per heavy atom. The number of hydrogen-bond donors (Lipinski definition) is 0. The first-order valence-corrected chi connectivity index (χ1v) is 24.9. The molecule has 0 aliphatic carbocycles. The Morgan fingerprint density at radius 1 is 0.350 bits per heavy atom. The van der Waals surface area contributed by atoms with Crippen LogP contribution >= 0.6 is 0 Å². The van der Waals surface area contributed by atoms with Crippen LogP contribution in [-0.2, 0) is 28.6 Å². The van der Waals surface area contributed by atoms with Crippen LogP contribution in [0.4, 0.5) is 0 Å². The van der Waals surface area contributed by atoms with Gasteiger partial charge in [-0.2, -0.15) is 0 Å². The highest BCUT2D eigenvalue weighted by atomic mass is 16.6. The van der Waals surface area contributed by atoms with Gasteiger partial charge in [-0.25, -0.2) is 0 Å². The number of rotatable bonds is 44. The maximum Gasteiger partial charge on any atom is 0.306 e. The third-order valence-electron chi connectivity index (χ3n) is 10.4. The number of carbonyl (C=O) groups excluding carboxylic acids is 3. The Morgan fingerprint density at radius 2 is 0.667 bits per heavy atom. The van der Waals surface area contributed by atoms with Crippen LogP contribution < -0.4 is 0 Å². The fourth-order valence-corrected chi connectivity index (χ4v) is 6.71. The van der Waals surface area contributed by atoms with Gasteiger partial charge in [0, 0.05) is 19.3 Å². The summed E-state index contributed by atoms with van der Waals surface area (Å²) < 4.78 is 16.7. The SMILES string of the molecule is CC/C=C\C/C=C\C/C=C\C/C=C\C/C=C\CCCC(=O)OCC(COC(=O)CCCCCCCCCCCC)OC(=O)CCCCCCC/C=C\CCCCCCCC. The number of hydrogen-bond acceptors (Lipinski definition) is 6. The van der Waals surface area contributed by atoms with E-state index in [2.05, 4.69) is 93.7 Å². The Balaban J connectivity index is 4.46. The van der Waals surface area contributed by atoms with Crippen molar-refractivity contribution in [3.8, 4) is 0 Å². The van der Waals surface area contributed by atoms with Crippen molar-refractivity contribution in [1.29, 1.82) is 0 Å². The summed E-state index contributed by atoms with van der Waals surface area (Å²) in [6, 6.07) is 0. The lowest BCUT2D eigenvalue weighted by molar-refractivity contribution is -0.167. The summed E-state index contributed by atoms with van der Waals surface area (Å²) in [6.07, 6.45) is 60.3. The number of esters is 3. The third-order valence-corrected chi connectivity index (χ3v) is 10.4. The molecular weight excluding hydrogens is 745 g/mol. The zero-order valence-electron chi connectivity index (χ0n) is 39.2. The first-order valence-electron chi connectivity index (χ1n) is 24.9. The lowest BCUT2D eigenvalue weighted by Gasteiger charge is -2.18. The summed E-state index contributed by atoms with van der Waals surface area (Å²) in [5, 5.41) is 0. The molecule has 0 aromatic rings. The van der Waals surface area contributed by atoms with Gasteiger partial charge in [0.15, 0.2) is 6.10 Å². The van der Waals surface area contributed by atoms with Crippen LogP contribution in [0.15, 0.2) is 72.9 Å². The van der Waals surface area contributed by atoms with Gasteiger partial charge in [-0.15, -0.1) is 0 Å². The maximum absolute atomic E-state index is 12.8. The van der Waals surface area contributed by atoms with Gasteiger partial charge in [0.1, 0.15) is 13.2 Å². The van der Waals surface area contributed by atoms with Crippen molar-refractivity contribution in [1.82, 2.24) is 0 Å². The van der Waals surface area contributed by atoms with Gasteiger partial charge in [-0.3, -0.25) is 14.4 Å². The van der Waals surface area contributed by atoms with Gasteiger partial charge in [0.2, 0.25) is 0 Å². The van der Waals surface area contributed by atoms with E-state index in [9.17, 15) is 14.4 Å². The molecule has 0 N–H and O–H groups in total. The molecule has 0 bridgehead atoms. The Kier molecular flexibility index (Phi) is 46.0. The number of unbranched alkanes of at least 4 members (excludes halogenated alkanes) is 21. The van der Waals surface area contributed by atoms with Crippen LogP contribution in [0.2, 0.25) is 0 Å². The van der Waals surface area contributed by atoms with Gasteiger partial charge >= 0.3 is 17.9 Å². The van der Waals surface area contributed by atoms with Crippen LogP contribution in [0.3, 0.4) is 0 Å². The molecule has 0 amide bonds. The van der Waals surface area contributed by atoms with Crippen molar-refractivity contribution in [2.45, 2.75) is 239 Å². The number of allylic oxidation sites excluding steroid dienone is 12. The molecule has 0 aliphatic rings. The lowest BCUT2D eigenvalue weighted by Crippen LogP contribution is -2.30. The Hall–Kier alpha value is -3.15. The normalized spacial score (nSPS) is 12.7. The lowest BCUT2D eigenvalue weighted by atomic mass is 10.1. The number of carbonyl (C=O) groups is 3. The topological polar surface area (TPSA) is 78.9 Å². The van der Waals surface area contributed by atoms with E-state index in [0.717, 1.165) is 89.9 Å². The molecule has 6 heteroatoms. The quantitative estimate of drug-likeness (QED) is 0.0263. The number of ether oxygens (including phenoxy) is 3. The van der Waals surface area contributed by atoms with Gasteiger partial charge in [0.25, 0.3) is 0 Å². The van der Waals surface area contributed by atoms with Gasteiger partial charge < -0.3 is 14.2 Å². The standard InChI is InChI=1S/C54H92O6/c1-4-7-10-13-16-19-22-24-26-27-29-30-32-35-38-41-44-47-53(56)59-50-51(49-58-52(55)46-43-40-37-34-21-18-15-12-9-6-3)60-54(57)48-45-42-39-36-33-31-28-25-23-20-17-14-11-8-5-2/h7,10,16,19,24-26,28-30,35,38,51H,4-6,8-9,11-15,17-18,20-23,27,31-34,36-37,39-50H2,1-3H3/b10-7-,19-16-,26-24-,28-25-,30-29-,38-35-. The minimum absolute atomic E-state index is 0.0952. The monoisotopic (exact) mass is 837 g/mol. The zero-order valence-corrected chi connectivity index (χ0v) is 39.2. The fourth-order valence-electron chi connectivity index (χ4n) is 6.71. The molecule has 6 nitrogen and oxygen atoms in total. The molecule has 1 unspecified atom stereocenters. The van der Waals surface area contributed by atoms with Gasteiger partial charge in [-0.1, -0.05) is 203 Å². The highest BCUT2D eigenvalue weighted by Crippen LogP contribution is 2.14. The first kappa shape index (κ1) is 56.9. The average molecular weight is 837 g/mol. The largest absolute Gasteiger partial charge is 0.462 e. The summed E-state index contributed by atoms with van der Waals surface area (Å²) >= 11 is 0. The molecule has 0 aromatic heterocycles. The van der Waals surface area contributed by atoms with E-state index in [1.165, 1.54) is 96.3 Å². The minimum Gasteiger partial charge on any atom is -0.462 e. The molecule has 0 heterocycles. The molecule has 0 radical (unpaired) electrons. The molecule has 0 saturated heterocycles. The molecule has 1 atom stereocenters. The smallest absolute Gasteiger partial charge is 0.306 e. The fraction of sp³-hybridized carbons (Fsp3) is 0.722. The van der Waals surface area contributed by atoms with Crippen LogP contribution in [0.1, 0.15) is 233 Å². The zero-order chi connectivity index (χ0) is 43.7. The van der Waals surface area contributed by atoms with Gasteiger partial charge in [0.05, 0.1) is 0 Å². The second-order valence-electron chi connectivity index (χ2n) is 16.3. The van der Waals surface area contributed by atoms with E-state index in [-0.39, 0.29) is 37.5 Å². The van der Waals surface area contributed by atoms with E-state index < -0.39 is 6.10 Å².